The number of fused-ring (bicyclic) bond motifs is 1. The molecule has 5 heteroatoms. The second-order valence-electron chi connectivity index (χ2n) is 7.38. The zero-order valence-corrected chi connectivity index (χ0v) is 16.6. The van der Waals surface area contributed by atoms with Gasteiger partial charge in [0.25, 0.3) is 11.8 Å². The fourth-order valence-corrected chi connectivity index (χ4v) is 3.80. The normalized spacial score (nSPS) is 12.9. The van der Waals surface area contributed by atoms with Crippen molar-refractivity contribution in [2.45, 2.75) is 19.3 Å². The predicted molar refractivity (Wildman–Crippen MR) is 115 cm³/mol. The molecule has 0 aliphatic carbocycles. The van der Waals surface area contributed by atoms with Crippen LogP contribution >= 0.6 is 0 Å². The molecule has 2 amide bonds. The van der Waals surface area contributed by atoms with Crippen molar-refractivity contribution < 1.29 is 14.0 Å². The van der Waals surface area contributed by atoms with Gasteiger partial charge in [0, 0.05) is 24.3 Å². The van der Waals surface area contributed by atoms with Gasteiger partial charge in [-0.2, -0.15) is 0 Å². The summed E-state index contributed by atoms with van der Waals surface area (Å²) >= 11 is 0. The van der Waals surface area contributed by atoms with Gasteiger partial charge in [-0.05, 0) is 60.7 Å². The molecule has 3 aromatic rings. The maximum Gasteiger partial charge on any atom is 0.261 e. The summed E-state index contributed by atoms with van der Waals surface area (Å²) < 4.78 is 14.1. The highest BCUT2D eigenvalue weighted by molar-refractivity contribution is 6.07. The molecule has 1 heterocycles. The average Bonchev–Trinajstić information content (AvgIpc) is 2.79. The standard InChI is InChI=1S/C25H23FN2O2/c26-22-11-5-4-10-21(22)25(30)28-16-6-9-19-17-20(12-13-23(19)28)24(29)27-15-14-18-7-2-1-3-8-18/h1-5,7-8,10-13,17H,6,9,14-16H2,(H,27,29). The lowest BCUT2D eigenvalue weighted by Gasteiger charge is -2.30. The molecule has 0 saturated carbocycles. The van der Waals surface area contributed by atoms with Crippen LogP contribution in [-0.4, -0.2) is 24.9 Å². The highest BCUT2D eigenvalue weighted by atomic mass is 19.1. The van der Waals surface area contributed by atoms with Crippen LogP contribution in [0.25, 0.3) is 0 Å². The first-order valence-electron chi connectivity index (χ1n) is 10.1. The average molecular weight is 402 g/mol. The fourth-order valence-electron chi connectivity index (χ4n) is 3.80. The Kier molecular flexibility index (Phi) is 5.89. The van der Waals surface area contributed by atoms with E-state index in [0.29, 0.717) is 18.7 Å². The molecule has 4 nitrogen and oxygen atoms in total. The topological polar surface area (TPSA) is 49.4 Å². The summed E-state index contributed by atoms with van der Waals surface area (Å²) in [6.45, 7) is 1.08. The van der Waals surface area contributed by atoms with Crippen LogP contribution in [0.2, 0.25) is 0 Å². The van der Waals surface area contributed by atoms with Crippen molar-refractivity contribution in [2.75, 3.05) is 18.0 Å². The van der Waals surface area contributed by atoms with Gasteiger partial charge in [0.15, 0.2) is 0 Å². The minimum absolute atomic E-state index is 0.0630. The first kappa shape index (κ1) is 19.8. The number of hydrogen-bond acceptors (Lipinski definition) is 2. The second kappa shape index (κ2) is 8.91. The zero-order chi connectivity index (χ0) is 20.9. The quantitative estimate of drug-likeness (QED) is 0.688. The first-order valence-corrected chi connectivity index (χ1v) is 10.1. The Labute approximate surface area is 175 Å². The third-order valence-electron chi connectivity index (χ3n) is 5.35. The van der Waals surface area contributed by atoms with Crippen molar-refractivity contribution in [2.24, 2.45) is 0 Å². The molecule has 1 aliphatic rings. The molecule has 0 fully saturated rings. The van der Waals surface area contributed by atoms with Gasteiger partial charge in [0.05, 0.1) is 5.56 Å². The summed E-state index contributed by atoms with van der Waals surface area (Å²) in [5.74, 6) is -1.01. The largest absolute Gasteiger partial charge is 0.352 e. The molecule has 0 atom stereocenters. The predicted octanol–water partition coefficient (Wildman–Crippen LogP) is 4.39. The maximum absolute atomic E-state index is 14.1. The number of nitrogens with zero attached hydrogens (tertiary/aromatic N) is 1. The summed E-state index contributed by atoms with van der Waals surface area (Å²) in [5, 5.41) is 2.95. The van der Waals surface area contributed by atoms with E-state index in [2.05, 4.69) is 5.32 Å². The van der Waals surface area contributed by atoms with E-state index in [1.165, 1.54) is 17.7 Å². The lowest BCUT2D eigenvalue weighted by atomic mass is 9.98. The first-order chi connectivity index (χ1) is 14.6. The van der Waals surface area contributed by atoms with Gasteiger partial charge in [-0.3, -0.25) is 9.59 Å². The van der Waals surface area contributed by atoms with Gasteiger partial charge < -0.3 is 10.2 Å². The Bertz CT molecular complexity index is 1070. The Balaban J connectivity index is 1.47. The number of hydrogen-bond donors (Lipinski definition) is 1. The number of carbonyl (C=O) groups is 2. The van der Waals surface area contributed by atoms with Gasteiger partial charge >= 0.3 is 0 Å². The monoisotopic (exact) mass is 402 g/mol. The summed E-state index contributed by atoms with van der Waals surface area (Å²) in [6.07, 6.45) is 2.32. The molecule has 0 spiro atoms. The van der Waals surface area contributed by atoms with E-state index < -0.39 is 5.82 Å². The van der Waals surface area contributed by atoms with Gasteiger partial charge in [-0.1, -0.05) is 42.5 Å². The number of rotatable bonds is 5. The van der Waals surface area contributed by atoms with Crippen molar-refractivity contribution in [3.63, 3.8) is 0 Å². The van der Waals surface area contributed by atoms with Crippen molar-refractivity contribution in [1.29, 1.82) is 0 Å². The summed E-state index contributed by atoms with van der Waals surface area (Å²) in [5.41, 5.74) is 3.48. The zero-order valence-electron chi connectivity index (χ0n) is 16.6. The summed E-state index contributed by atoms with van der Waals surface area (Å²) in [4.78, 5) is 27.1. The van der Waals surface area contributed by atoms with Crippen LogP contribution in [0.5, 0.6) is 0 Å². The van der Waals surface area contributed by atoms with E-state index in [1.54, 1.807) is 29.2 Å². The molecular weight excluding hydrogens is 379 g/mol. The van der Waals surface area contributed by atoms with Crippen LogP contribution in [0.4, 0.5) is 10.1 Å². The Morgan fingerprint density at radius 2 is 1.73 bits per heavy atom. The van der Waals surface area contributed by atoms with Crippen LogP contribution in [0, 0.1) is 5.82 Å². The van der Waals surface area contributed by atoms with E-state index in [4.69, 9.17) is 0 Å². The van der Waals surface area contributed by atoms with Crippen molar-refractivity contribution in [3.8, 4) is 0 Å². The van der Waals surface area contributed by atoms with Gasteiger partial charge in [0.1, 0.15) is 5.82 Å². The molecule has 3 aromatic carbocycles. The van der Waals surface area contributed by atoms with Crippen LogP contribution in [0.3, 0.4) is 0 Å². The number of nitrogens with one attached hydrogen (secondary N) is 1. The van der Waals surface area contributed by atoms with Crippen LogP contribution < -0.4 is 10.2 Å². The Hall–Kier alpha value is -3.47. The molecule has 0 unspecified atom stereocenters. The number of benzene rings is 3. The molecule has 30 heavy (non-hydrogen) atoms. The smallest absolute Gasteiger partial charge is 0.261 e. The molecule has 0 radical (unpaired) electrons. The van der Waals surface area contributed by atoms with E-state index in [9.17, 15) is 14.0 Å². The van der Waals surface area contributed by atoms with Crippen molar-refractivity contribution >= 4 is 17.5 Å². The minimum Gasteiger partial charge on any atom is -0.352 e. The maximum atomic E-state index is 14.1. The van der Waals surface area contributed by atoms with Gasteiger partial charge in [-0.15, -0.1) is 0 Å². The van der Waals surface area contributed by atoms with E-state index >= 15 is 0 Å². The number of amides is 2. The molecular formula is C25H23FN2O2. The molecule has 0 bridgehead atoms. The highest BCUT2D eigenvalue weighted by Gasteiger charge is 2.26. The van der Waals surface area contributed by atoms with E-state index in [0.717, 1.165) is 30.5 Å². The number of halogens is 1. The number of anilines is 1. The summed E-state index contributed by atoms with van der Waals surface area (Å²) in [6, 6.07) is 21.4. The van der Waals surface area contributed by atoms with Crippen LogP contribution in [-0.2, 0) is 12.8 Å². The van der Waals surface area contributed by atoms with Gasteiger partial charge in [0.2, 0.25) is 0 Å². The highest BCUT2D eigenvalue weighted by Crippen LogP contribution is 2.30. The molecule has 1 N–H and O–H groups in total. The minimum atomic E-state index is -0.524. The lowest BCUT2D eigenvalue weighted by molar-refractivity contribution is 0.0952. The lowest BCUT2D eigenvalue weighted by Crippen LogP contribution is -2.36. The molecule has 0 saturated heterocycles. The third-order valence-corrected chi connectivity index (χ3v) is 5.35. The third kappa shape index (κ3) is 4.25. The molecule has 4 rings (SSSR count). The number of carbonyl (C=O) groups excluding carboxylic acids is 2. The SMILES string of the molecule is O=C(NCCc1ccccc1)c1ccc2c(c1)CCCN2C(=O)c1ccccc1F. The number of aryl methyl sites for hydroxylation is 1. The van der Waals surface area contributed by atoms with Gasteiger partial charge in [-0.25, -0.2) is 4.39 Å². The fraction of sp³-hybridized carbons (Fsp3) is 0.200. The Morgan fingerprint density at radius 3 is 2.53 bits per heavy atom. The van der Waals surface area contributed by atoms with Crippen LogP contribution in [0.1, 0.15) is 38.3 Å². The van der Waals surface area contributed by atoms with E-state index in [-0.39, 0.29) is 17.4 Å². The Morgan fingerprint density at radius 1 is 0.967 bits per heavy atom. The van der Waals surface area contributed by atoms with Crippen LogP contribution in [0.15, 0.2) is 72.8 Å². The molecule has 152 valence electrons. The second-order valence-corrected chi connectivity index (χ2v) is 7.38. The molecule has 1 aliphatic heterocycles. The summed E-state index contributed by atoms with van der Waals surface area (Å²) in [7, 11) is 0. The van der Waals surface area contributed by atoms with Crippen molar-refractivity contribution in [1.82, 2.24) is 5.32 Å². The van der Waals surface area contributed by atoms with E-state index in [1.807, 2.05) is 36.4 Å². The molecule has 0 aromatic heterocycles. The van der Waals surface area contributed by atoms with Crippen molar-refractivity contribution in [3.05, 3.63) is 101 Å².